The lowest BCUT2D eigenvalue weighted by atomic mass is 10.2. The summed E-state index contributed by atoms with van der Waals surface area (Å²) in [5.41, 5.74) is 1.19. The number of carbonyl (C=O) groups excluding carboxylic acids is 1. The van der Waals surface area contributed by atoms with Crippen LogP contribution in [0, 0.1) is 12.8 Å². The molecule has 0 aliphatic carbocycles. The van der Waals surface area contributed by atoms with Crippen LogP contribution in [-0.4, -0.2) is 17.8 Å². The number of amides is 1. The lowest BCUT2D eigenvalue weighted by Crippen LogP contribution is -2.17. The van der Waals surface area contributed by atoms with Gasteiger partial charge in [-0.15, -0.1) is 0 Å². The molecule has 1 rings (SSSR count). The third-order valence-electron chi connectivity index (χ3n) is 2.09. The topological polar surface area (TPSA) is 58.6 Å². The van der Waals surface area contributed by atoms with Gasteiger partial charge >= 0.3 is 6.09 Å². The van der Waals surface area contributed by atoms with Gasteiger partial charge in [-0.25, -0.2) is 4.79 Å². The highest BCUT2D eigenvalue weighted by Crippen LogP contribution is 2.23. The van der Waals surface area contributed by atoms with Crippen molar-refractivity contribution in [3.8, 4) is 5.75 Å². The molecule has 0 saturated heterocycles. The summed E-state index contributed by atoms with van der Waals surface area (Å²) >= 11 is 0. The van der Waals surface area contributed by atoms with Crippen LogP contribution in [0.15, 0.2) is 18.2 Å². The van der Waals surface area contributed by atoms with Crippen LogP contribution in [0.1, 0.15) is 19.4 Å². The Balaban J connectivity index is 2.59. The Morgan fingerprint density at radius 3 is 2.81 bits per heavy atom. The summed E-state index contributed by atoms with van der Waals surface area (Å²) in [7, 11) is 0. The molecular formula is C12H17NO3. The first-order chi connectivity index (χ1) is 7.50. The van der Waals surface area contributed by atoms with Gasteiger partial charge in [0.15, 0.2) is 0 Å². The van der Waals surface area contributed by atoms with Crippen molar-refractivity contribution < 1.29 is 14.6 Å². The zero-order chi connectivity index (χ0) is 12.1. The lowest BCUT2D eigenvalue weighted by molar-refractivity contribution is 0.147. The van der Waals surface area contributed by atoms with Crippen molar-refractivity contribution in [2.24, 2.45) is 5.92 Å². The molecular weight excluding hydrogens is 206 g/mol. The number of phenolic OH excluding ortho intramolecular Hbond substituents is 1. The molecule has 0 bridgehead atoms. The molecule has 0 heterocycles. The molecule has 1 aromatic rings. The molecule has 88 valence electrons. The van der Waals surface area contributed by atoms with Crippen molar-refractivity contribution in [1.82, 2.24) is 0 Å². The first kappa shape index (κ1) is 12.4. The first-order valence-electron chi connectivity index (χ1n) is 5.23. The number of aromatic hydroxyl groups is 1. The fourth-order valence-corrected chi connectivity index (χ4v) is 1.15. The SMILES string of the molecule is Cc1c(O)cccc1NC(=O)OCC(C)C. The maximum atomic E-state index is 11.4. The van der Waals surface area contributed by atoms with Gasteiger partial charge in [0, 0.05) is 5.56 Å². The summed E-state index contributed by atoms with van der Waals surface area (Å²) in [4.78, 5) is 11.4. The maximum absolute atomic E-state index is 11.4. The normalized spacial score (nSPS) is 10.2. The lowest BCUT2D eigenvalue weighted by Gasteiger charge is -2.11. The van der Waals surface area contributed by atoms with Crippen LogP contribution in [0.5, 0.6) is 5.75 Å². The number of rotatable bonds is 3. The van der Waals surface area contributed by atoms with E-state index in [1.165, 1.54) is 0 Å². The second kappa shape index (κ2) is 5.39. The molecule has 0 fully saturated rings. The van der Waals surface area contributed by atoms with E-state index in [4.69, 9.17) is 4.74 Å². The Labute approximate surface area is 95.2 Å². The third-order valence-corrected chi connectivity index (χ3v) is 2.09. The number of anilines is 1. The molecule has 0 atom stereocenters. The predicted molar refractivity (Wildman–Crippen MR) is 62.7 cm³/mol. The highest BCUT2D eigenvalue weighted by Gasteiger charge is 2.08. The summed E-state index contributed by atoms with van der Waals surface area (Å²) in [5.74, 6) is 0.456. The summed E-state index contributed by atoms with van der Waals surface area (Å²) < 4.78 is 4.97. The molecule has 4 nitrogen and oxygen atoms in total. The van der Waals surface area contributed by atoms with E-state index < -0.39 is 6.09 Å². The fourth-order valence-electron chi connectivity index (χ4n) is 1.15. The van der Waals surface area contributed by atoms with Gasteiger partial charge in [0.05, 0.1) is 12.3 Å². The fraction of sp³-hybridized carbons (Fsp3) is 0.417. The second-order valence-corrected chi connectivity index (χ2v) is 4.07. The van der Waals surface area contributed by atoms with Crippen molar-refractivity contribution >= 4 is 11.8 Å². The summed E-state index contributed by atoms with van der Waals surface area (Å²) in [6, 6.07) is 4.95. The number of carbonyl (C=O) groups is 1. The van der Waals surface area contributed by atoms with Crippen molar-refractivity contribution in [3.05, 3.63) is 23.8 Å². The van der Waals surface area contributed by atoms with Crippen molar-refractivity contribution in [2.45, 2.75) is 20.8 Å². The second-order valence-electron chi connectivity index (χ2n) is 4.07. The van der Waals surface area contributed by atoms with E-state index in [2.05, 4.69) is 5.32 Å². The molecule has 1 amide bonds. The number of nitrogens with one attached hydrogen (secondary N) is 1. The van der Waals surface area contributed by atoms with Gasteiger partial charge in [-0.3, -0.25) is 5.32 Å². The predicted octanol–water partition coefficient (Wildman–Crippen LogP) is 2.91. The molecule has 0 aliphatic heterocycles. The van der Waals surface area contributed by atoms with Gasteiger partial charge < -0.3 is 9.84 Å². The molecule has 0 spiro atoms. The molecule has 4 heteroatoms. The Bertz CT molecular complexity index is 375. The quantitative estimate of drug-likeness (QED) is 0.828. The van der Waals surface area contributed by atoms with Crippen LogP contribution in [0.25, 0.3) is 0 Å². The van der Waals surface area contributed by atoms with E-state index in [-0.39, 0.29) is 5.75 Å². The number of hydrogen-bond donors (Lipinski definition) is 2. The Kier molecular flexibility index (Phi) is 4.17. The summed E-state index contributed by atoms with van der Waals surface area (Å²) in [6.45, 7) is 6.04. The standard InChI is InChI=1S/C12H17NO3/c1-8(2)7-16-12(15)13-10-5-4-6-11(14)9(10)3/h4-6,8,14H,7H2,1-3H3,(H,13,15). The molecule has 0 unspecified atom stereocenters. The Hall–Kier alpha value is -1.71. The largest absolute Gasteiger partial charge is 0.508 e. The number of phenols is 1. The van der Waals surface area contributed by atoms with Crippen molar-refractivity contribution in [1.29, 1.82) is 0 Å². The van der Waals surface area contributed by atoms with Crippen LogP contribution < -0.4 is 5.32 Å². The smallest absolute Gasteiger partial charge is 0.411 e. The van der Waals surface area contributed by atoms with E-state index in [1.54, 1.807) is 25.1 Å². The average Bonchev–Trinajstić information content (AvgIpc) is 2.22. The number of benzene rings is 1. The minimum Gasteiger partial charge on any atom is -0.508 e. The molecule has 0 saturated carbocycles. The first-order valence-corrected chi connectivity index (χ1v) is 5.23. The minimum absolute atomic E-state index is 0.154. The van der Waals surface area contributed by atoms with Gasteiger partial charge in [-0.1, -0.05) is 19.9 Å². The van der Waals surface area contributed by atoms with E-state index in [9.17, 15) is 9.90 Å². The minimum atomic E-state index is -0.498. The summed E-state index contributed by atoms with van der Waals surface area (Å²) in [5, 5.41) is 12.0. The van der Waals surface area contributed by atoms with Crippen LogP contribution in [0.3, 0.4) is 0 Å². The maximum Gasteiger partial charge on any atom is 0.411 e. The van der Waals surface area contributed by atoms with Gasteiger partial charge in [0.1, 0.15) is 5.75 Å². The highest BCUT2D eigenvalue weighted by atomic mass is 16.5. The van der Waals surface area contributed by atoms with Crippen LogP contribution in [-0.2, 0) is 4.74 Å². The monoisotopic (exact) mass is 223 g/mol. The van der Waals surface area contributed by atoms with E-state index in [1.807, 2.05) is 13.8 Å². The molecule has 2 N–H and O–H groups in total. The van der Waals surface area contributed by atoms with Gasteiger partial charge in [-0.05, 0) is 25.0 Å². The third kappa shape index (κ3) is 3.46. The Morgan fingerprint density at radius 2 is 2.19 bits per heavy atom. The zero-order valence-corrected chi connectivity index (χ0v) is 9.78. The summed E-state index contributed by atoms with van der Waals surface area (Å²) in [6.07, 6.45) is -0.498. The van der Waals surface area contributed by atoms with E-state index in [0.29, 0.717) is 23.8 Å². The molecule has 16 heavy (non-hydrogen) atoms. The number of ether oxygens (including phenoxy) is 1. The average molecular weight is 223 g/mol. The van der Waals surface area contributed by atoms with Crippen molar-refractivity contribution in [3.63, 3.8) is 0 Å². The van der Waals surface area contributed by atoms with Gasteiger partial charge in [0.2, 0.25) is 0 Å². The zero-order valence-electron chi connectivity index (χ0n) is 9.78. The molecule has 0 radical (unpaired) electrons. The number of hydrogen-bond acceptors (Lipinski definition) is 3. The highest BCUT2D eigenvalue weighted by molar-refractivity contribution is 5.86. The van der Waals surface area contributed by atoms with E-state index in [0.717, 1.165) is 0 Å². The van der Waals surface area contributed by atoms with Crippen LogP contribution in [0.2, 0.25) is 0 Å². The Morgan fingerprint density at radius 1 is 1.50 bits per heavy atom. The molecule has 0 aromatic heterocycles. The van der Waals surface area contributed by atoms with Crippen LogP contribution in [0.4, 0.5) is 10.5 Å². The van der Waals surface area contributed by atoms with Crippen molar-refractivity contribution in [2.75, 3.05) is 11.9 Å². The van der Waals surface area contributed by atoms with Gasteiger partial charge in [-0.2, -0.15) is 0 Å². The molecule has 1 aromatic carbocycles. The molecule has 0 aliphatic rings. The van der Waals surface area contributed by atoms with Gasteiger partial charge in [0.25, 0.3) is 0 Å². The van der Waals surface area contributed by atoms with E-state index >= 15 is 0 Å². The van der Waals surface area contributed by atoms with Crippen LogP contribution >= 0.6 is 0 Å².